The van der Waals surface area contributed by atoms with Crippen molar-refractivity contribution in [3.05, 3.63) is 10.6 Å². The average molecular weight is 284 g/mol. The number of hydrogen-bond donors (Lipinski definition) is 1. The number of aliphatic carboxylic acids is 1. The molecular formula is C12H16N2O4S. The Morgan fingerprint density at radius 2 is 2.32 bits per heavy atom. The van der Waals surface area contributed by atoms with Crippen LogP contribution in [0.15, 0.2) is 0 Å². The zero-order valence-electron chi connectivity index (χ0n) is 10.9. The predicted molar refractivity (Wildman–Crippen MR) is 70.8 cm³/mol. The van der Waals surface area contributed by atoms with Gasteiger partial charge in [0.05, 0.1) is 18.2 Å². The third-order valence-corrected chi connectivity index (χ3v) is 4.25. The maximum atomic E-state index is 11.7. The van der Waals surface area contributed by atoms with Crippen LogP contribution in [0.4, 0.5) is 5.13 Å². The summed E-state index contributed by atoms with van der Waals surface area (Å²) in [7, 11) is 0. The van der Waals surface area contributed by atoms with Crippen LogP contribution in [0, 0.1) is 12.8 Å². The molecule has 1 atom stereocenters. The largest absolute Gasteiger partial charge is 0.481 e. The molecule has 2 rings (SSSR count). The minimum absolute atomic E-state index is 0.330. The number of esters is 1. The number of carbonyl (C=O) groups is 2. The first-order valence-electron chi connectivity index (χ1n) is 6.15. The van der Waals surface area contributed by atoms with Crippen LogP contribution in [0.5, 0.6) is 0 Å². The van der Waals surface area contributed by atoms with Gasteiger partial charge in [-0.1, -0.05) is 11.3 Å². The number of carbonyl (C=O) groups excluding carboxylic acids is 1. The lowest BCUT2D eigenvalue weighted by molar-refractivity contribution is -0.140. The molecule has 1 unspecified atom stereocenters. The Hall–Kier alpha value is -1.63. The van der Waals surface area contributed by atoms with Crippen LogP contribution < -0.4 is 4.90 Å². The number of ether oxygens (including phenoxy) is 1. The van der Waals surface area contributed by atoms with Crippen LogP contribution in [-0.4, -0.2) is 41.7 Å². The molecule has 104 valence electrons. The number of rotatable bonds is 4. The molecule has 19 heavy (non-hydrogen) atoms. The van der Waals surface area contributed by atoms with Crippen LogP contribution in [0.25, 0.3) is 0 Å². The van der Waals surface area contributed by atoms with Gasteiger partial charge < -0.3 is 14.7 Å². The highest BCUT2D eigenvalue weighted by molar-refractivity contribution is 7.17. The van der Waals surface area contributed by atoms with Crippen LogP contribution in [0.3, 0.4) is 0 Å². The lowest BCUT2D eigenvalue weighted by atomic mass is 10.1. The highest BCUT2D eigenvalue weighted by Gasteiger charge is 2.30. The highest BCUT2D eigenvalue weighted by atomic mass is 32.1. The lowest BCUT2D eigenvalue weighted by Gasteiger charge is -2.13. The lowest BCUT2D eigenvalue weighted by Crippen LogP contribution is -2.22. The second kappa shape index (κ2) is 5.56. The molecule has 1 saturated heterocycles. The van der Waals surface area contributed by atoms with Gasteiger partial charge in [0.2, 0.25) is 0 Å². The summed E-state index contributed by atoms with van der Waals surface area (Å²) in [5.74, 6) is -1.49. The summed E-state index contributed by atoms with van der Waals surface area (Å²) in [5.41, 5.74) is 0.636. The molecule has 0 aliphatic carbocycles. The molecule has 0 spiro atoms. The van der Waals surface area contributed by atoms with E-state index in [1.807, 2.05) is 4.90 Å². The fraction of sp³-hybridized carbons (Fsp3) is 0.583. The van der Waals surface area contributed by atoms with E-state index in [2.05, 4.69) is 4.98 Å². The summed E-state index contributed by atoms with van der Waals surface area (Å²) >= 11 is 1.27. The molecule has 6 nitrogen and oxygen atoms in total. The second-order valence-electron chi connectivity index (χ2n) is 4.40. The topological polar surface area (TPSA) is 79.7 Å². The first-order valence-corrected chi connectivity index (χ1v) is 6.96. The molecule has 2 heterocycles. The smallest absolute Gasteiger partial charge is 0.350 e. The van der Waals surface area contributed by atoms with Gasteiger partial charge in [-0.15, -0.1) is 0 Å². The first kappa shape index (κ1) is 13.8. The quantitative estimate of drug-likeness (QED) is 0.845. The van der Waals surface area contributed by atoms with E-state index < -0.39 is 5.97 Å². The standard InChI is InChI=1S/C12H16N2O4S/c1-3-18-11(17)9-7(2)13-12(19-9)14-5-4-8(6-14)10(15)16/h8H,3-6H2,1-2H3,(H,15,16). The van der Waals surface area contributed by atoms with Crippen molar-refractivity contribution >= 4 is 28.4 Å². The molecule has 1 aromatic heterocycles. The number of carboxylic acid groups (broad SMARTS) is 1. The van der Waals surface area contributed by atoms with Gasteiger partial charge >= 0.3 is 11.9 Å². The molecule has 7 heteroatoms. The Kier molecular flexibility index (Phi) is 4.04. The molecule has 1 fully saturated rings. The van der Waals surface area contributed by atoms with Crippen molar-refractivity contribution in [3.63, 3.8) is 0 Å². The van der Waals surface area contributed by atoms with Gasteiger partial charge in [0.25, 0.3) is 0 Å². The van der Waals surface area contributed by atoms with E-state index in [1.54, 1.807) is 13.8 Å². The summed E-state index contributed by atoms with van der Waals surface area (Å²) < 4.78 is 4.96. The maximum Gasteiger partial charge on any atom is 0.350 e. The molecule has 0 bridgehead atoms. The molecule has 1 N–H and O–H groups in total. The molecule has 0 aromatic carbocycles. The summed E-state index contributed by atoms with van der Waals surface area (Å²) in [6, 6.07) is 0. The van der Waals surface area contributed by atoms with Crippen LogP contribution in [0.1, 0.15) is 28.7 Å². The van der Waals surface area contributed by atoms with Crippen molar-refractivity contribution in [2.45, 2.75) is 20.3 Å². The average Bonchev–Trinajstić information content (AvgIpc) is 2.95. The summed E-state index contributed by atoms with van der Waals surface area (Å²) in [6.07, 6.45) is 0.614. The number of aryl methyl sites for hydroxylation is 1. The van der Waals surface area contributed by atoms with Gasteiger partial charge in [-0.2, -0.15) is 0 Å². The van der Waals surface area contributed by atoms with Crippen molar-refractivity contribution in [1.29, 1.82) is 0 Å². The van der Waals surface area contributed by atoms with E-state index in [0.29, 0.717) is 41.8 Å². The molecule has 0 radical (unpaired) electrons. The SMILES string of the molecule is CCOC(=O)c1sc(N2CCC(C(=O)O)C2)nc1C. The zero-order valence-corrected chi connectivity index (χ0v) is 11.7. The van der Waals surface area contributed by atoms with Crippen molar-refractivity contribution in [2.24, 2.45) is 5.92 Å². The Balaban J connectivity index is 2.12. The maximum absolute atomic E-state index is 11.7. The van der Waals surface area contributed by atoms with Crippen molar-refractivity contribution in [2.75, 3.05) is 24.6 Å². The summed E-state index contributed by atoms with van der Waals surface area (Å²) in [5, 5.41) is 9.68. The molecular weight excluding hydrogens is 268 g/mol. The molecule has 1 aliphatic heterocycles. The van der Waals surface area contributed by atoms with Gasteiger partial charge in [0, 0.05) is 13.1 Å². The number of anilines is 1. The van der Waals surface area contributed by atoms with E-state index in [9.17, 15) is 9.59 Å². The normalized spacial score (nSPS) is 18.6. The number of nitrogens with zero attached hydrogens (tertiary/aromatic N) is 2. The van der Waals surface area contributed by atoms with Gasteiger partial charge in [0.15, 0.2) is 5.13 Å². The monoisotopic (exact) mass is 284 g/mol. The van der Waals surface area contributed by atoms with E-state index in [1.165, 1.54) is 11.3 Å². The zero-order chi connectivity index (χ0) is 14.0. The van der Waals surface area contributed by atoms with Crippen LogP contribution in [0.2, 0.25) is 0 Å². The molecule has 1 aliphatic rings. The molecule has 0 saturated carbocycles. The second-order valence-corrected chi connectivity index (χ2v) is 5.38. The Labute approximate surface area is 115 Å². The van der Waals surface area contributed by atoms with E-state index >= 15 is 0 Å². The van der Waals surface area contributed by atoms with Gasteiger partial charge in [0.1, 0.15) is 4.88 Å². The number of carboxylic acids is 1. The number of thiazole rings is 1. The van der Waals surface area contributed by atoms with E-state index in [0.717, 1.165) is 0 Å². The number of hydrogen-bond acceptors (Lipinski definition) is 6. The van der Waals surface area contributed by atoms with Gasteiger partial charge in [-0.3, -0.25) is 4.79 Å². The third-order valence-electron chi connectivity index (χ3n) is 3.05. The summed E-state index contributed by atoms with van der Waals surface area (Å²) in [6.45, 7) is 4.96. The predicted octanol–water partition coefficient (Wildman–Crippen LogP) is 1.54. The van der Waals surface area contributed by atoms with Crippen molar-refractivity contribution < 1.29 is 19.4 Å². The van der Waals surface area contributed by atoms with Crippen LogP contribution in [-0.2, 0) is 9.53 Å². The Morgan fingerprint density at radius 1 is 1.58 bits per heavy atom. The first-order chi connectivity index (χ1) is 9.02. The number of aromatic nitrogens is 1. The highest BCUT2D eigenvalue weighted by Crippen LogP contribution is 2.30. The van der Waals surface area contributed by atoms with Gasteiger partial charge in [-0.25, -0.2) is 9.78 Å². The summed E-state index contributed by atoms with van der Waals surface area (Å²) in [4.78, 5) is 29.4. The fourth-order valence-corrected chi connectivity index (χ4v) is 3.03. The van der Waals surface area contributed by atoms with E-state index in [-0.39, 0.29) is 11.9 Å². The van der Waals surface area contributed by atoms with Crippen molar-refractivity contribution in [3.8, 4) is 0 Å². The van der Waals surface area contributed by atoms with E-state index in [4.69, 9.17) is 9.84 Å². The Bertz CT molecular complexity index is 500. The fourth-order valence-electron chi connectivity index (χ4n) is 2.04. The third kappa shape index (κ3) is 2.86. The Morgan fingerprint density at radius 3 is 2.89 bits per heavy atom. The van der Waals surface area contributed by atoms with Gasteiger partial charge in [-0.05, 0) is 20.3 Å². The molecule has 0 amide bonds. The van der Waals surface area contributed by atoms with Crippen molar-refractivity contribution in [1.82, 2.24) is 4.98 Å². The van der Waals surface area contributed by atoms with Crippen LogP contribution >= 0.6 is 11.3 Å². The minimum Gasteiger partial charge on any atom is -0.481 e. The molecule has 1 aromatic rings. The minimum atomic E-state index is -0.776.